The van der Waals surface area contributed by atoms with Crippen molar-refractivity contribution in [3.63, 3.8) is 0 Å². The molecule has 1 atom stereocenters. The normalized spacial score (nSPS) is 12.2. The number of hydrogen-bond donors (Lipinski definition) is 1. The standard InChI is InChI=1S/C10H14N2O3S/c1-4-7-5-8(13)12-10(11-7)16-6(2)9(14)15-3/h5-6H,4H2,1-3H3,(H,11,12,13)/t6-/m0/s1. The lowest BCUT2D eigenvalue weighted by Gasteiger charge is -2.08. The molecule has 0 spiro atoms. The summed E-state index contributed by atoms with van der Waals surface area (Å²) in [6.07, 6.45) is 0.685. The van der Waals surface area contributed by atoms with Crippen molar-refractivity contribution in [1.82, 2.24) is 9.97 Å². The third kappa shape index (κ3) is 3.37. The van der Waals surface area contributed by atoms with Gasteiger partial charge in [0.25, 0.3) is 5.56 Å². The van der Waals surface area contributed by atoms with E-state index in [1.54, 1.807) is 6.92 Å². The molecule has 16 heavy (non-hydrogen) atoms. The molecule has 1 aromatic heterocycles. The van der Waals surface area contributed by atoms with E-state index < -0.39 is 0 Å². The summed E-state index contributed by atoms with van der Waals surface area (Å²) in [4.78, 5) is 29.2. The number of rotatable bonds is 4. The van der Waals surface area contributed by atoms with Crippen LogP contribution in [0.2, 0.25) is 0 Å². The molecule has 88 valence electrons. The Bertz CT molecular complexity index is 430. The maximum Gasteiger partial charge on any atom is 0.318 e. The molecule has 1 aromatic rings. The zero-order valence-corrected chi connectivity index (χ0v) is 10.3. The van der Waals surface area contributed by atoms with Gasteiger partial charge in [0.15, 0.2) is 5.16 Å². The van der Waals surface area contributed by atoms with Crippen LogP contribution in [0.1, 0.15) is 19.5 Å². The van der Waals surface area contributed by atoms with E-state index in [0.29, 0.717) is 17.3 Å². The topological polar surface area (TPSA) is 72.0 Å². The van der Waals surface area contributed by atoms with Crippen LogP contribution in [0.15, 0.2) is 16.0 Å². The Kier molecular flexibility index (Phi) is 4.54. The maximum atomic E-state index is 11.3. The van der Waals surface area contributed by atoms with E-state index in [2.05, 4.69) is 14.7 Å². The minimum atomic E-state index is -0.389. The lowest BCUT2D eigenvalue weighted by molar-refractivity contribution is -0.139. The number of ether oxygens (including phenoxy) is 1. The van der Waals surface area contributed by atoms with E-state index >= 15 is 0 Å². The van der Waals surface area contributed by atoms with Gasteiger partial charge in [0.1, 0.15) is 5.25 Å². The Labute approximate surface area is 97.6 Å². The Hall–Kier alpha value is -1.30. The van der Waals surface area contributed by atoms with Crippen molar-refractivity contribution in [3.8, 4) is 0 Å². The molecule has 0 amide bonds. The highest BCUT2D eigenvalue weighted by Crippen LogP contribution is 2.19. The van der Waals surface area contributed by atoms with E-state index in [1.807, 2.05) is 6.92 Å². The second-order valence-corrected chi connectivity index (χ2v) is 4.51. The summed E-state index contributed by atoms with van der Waals surface area (Å²) in [6, 6.07) is 1.45. The monoisotopic (exact) mass is 242 g/mol. The molecule has 1 rings (SSSR count). The van der Waals surface area contributed by atoms with Crippen LogP contribution < -0.4 is 5.56 Å². The molecule has 0 bridgehead atoms. The average molecular weight is 242 g/mol. The Morgan fingerprint density at radius 2 is 2.38 bits per heavy atom. The van der Waals surface area contributed by atoms with Gasteiger partial charge in [0.2, 0.25) is 0 Å². The SMILES string of the molecule is CCc1cc(=O)[nH]c(S[C@@H](C)C(=O)OC)n1. The lowest BCUT2D eigenvalue weighted by Crippen LogP contribution is -2.17. The van der Waals surface area contributed by atoms with Crippen LogP contribution >= 0.6 is 11.8 Å². The van der Waals surface area contributed by atoms with Crippen molar-refractivity contribution < 1.29 is 9.53 Å². The van der Waals surface area contributed by atoms with Crippen LogP contribution in [0.25, 0.3) is 0 Å². The van der Waals surface area contributed by atoms with Crippen molar-refractivity contribution in [2.75, 3.05) is 7.11 Å². The van der Waals surface area contributed by atoms with E-state index in [9.17, 15) is 9.59 Å². The predicted octanol–water partition coefficient (Wildman–Crippen LogP) is 0.986. The summed E-state index contributed by atoms with van der Waals surface area (Å²) >= 11 is 1.18. The van der Waals surface area contributed by atoms with Gasteiger partial charge in [-0.3, -0.25) is 9.59 Å². The second kappa shape index (κ2) is 5.69. The number of nitrogens with one attached hydrogen (secondary N) is 1. The fourth-order valence-corrected chi connectivity index (χ4v) is 1.96. The van der Waals surface area contributed by atoms with E-state index in [0.717, 1.165) is 0 Å². The summed E-state index contributed by atoms with van der Waals surface area (Å²) in [6.45, 7) is 3.62. The molecule has 0 aromatic carbocycles. The highest BCUT2D eigenvalue weighted by atomic mass is 32.2. The fourth-order valence-electron chi connectivity index (χ4n) is 1.10. The molecule has 0 aliphatic rings. The van der Waals surface area contributed by atoms with Gasteiger partial charge in [-0.05, 0) is 13.3 Å². The Morgan fingerprint density at radius 3 is 2.94 bits per heavy atom. The smallest absolute Gasteiger partial charge is 0.318 e. The molecule has 0 saturated carbocycles. The summed E-state index contributed by atoms with van der Waals surface area (Å²) in [7, 11) is 1.33. The summed E-state index contributed by atoms with van der Waals surface area (Å²) < 4.78 is 4.59. The van der Waals surface area contributed by atoms with Crippen molar-refractivity contribution in [2.24, 2.45) is 0 Å². The molecule has 0 saturated heterocycles. The van der Waals surface area contributed by atoms with Crippen LogP contribution in [0.4, 0.5) is 0 Å². The molecule has 6 heteroatoms. The molecule has 0 radical (unpaired) electrons. The first-order valence-electron chi connectivity index (χ1n) is 4.91. The van der Waals surface area contributed by atoms with Gasteiger partial charge in [-0.25, -0.2) is 4.98 Å². The highest BCUT2D eigenvalue weighted by Gasteiger charge is 2.16. The van der Waals surface area contributed by atoms with Gasteiger partial charge in [-0.15, -0.1) is 0 Å². The number of aromatic amines is 1. The largest absolute Gasteiger partial charge is 0.468 e. The molecule has 1 N–H and O–H groups in total. The number of methoxy groups -OCH3 is 1. The number of carbonyl (C=O) groups is 1. The van der Waals surface area contributed by atoms with Crippen molar-refractivity contribution in [3.05, 3.63) is 22.1 Å². The zero-order valence-electron chi connectivity index (χ0n) is 9.44. The van der Waals surface area contributed by atoms with Crippen LogP contribution in [-0.4, -0.2) is 28.3 Å². The molecule has 5 nitrogen and oxygen atoms in total. The summed E-state index contributed by atoms with van der Waals surface area (Å²) in [5.74, 6) is -0.338. The van der Waals surface area contributed by atoms with Gasteiger partial charge in [-0.2, -0.15) is 0 Å². The quantitative estimate of drug-likeness (QED) is 0.484. The average Bonchev–Trinajstić information content (AvgIpc) is 2.26. The van der Waals surface area contributed by atoms with E-state index in [1.165, 1.54) is 24.9 Å². The van der Waals surface area contributed by atoms with Crippen LogP contribution in [0, 0.1) is 0 Å². The lowest BCUT2D eigenvalue weighted by atomic mass is 10.3. The number of thioether (sulfide) groups is 1. The molecular weight excluding hydrogens is 228 g/mol. The molecule has 0 fully saturated rings. The first-order chi connectivity index (χ1) is 7.56. The first kappa shape index (κ1) is 12.8. The molecule has 0 aliphatic carbocycles. The van der Waals surface area contributed by atoms with Gasteiger partial charge in [0, 0.05) is 11.8 Å². The molecule has 1 heterocycles. The molecule has 0 unspecified atom stereocenters. The third-order valence-electron chi connectivity index (χ3n) is 1.96. The van der Waals surface area contributed by atoms with Crippen LogP contribution in [-0.2, 0) is 16.0 Å². The number of aromatic nitrogens is 2. The summed E-state index contributed by atoms with van der Waals surface area (Å²) in [5.41, 5.74) is 0.509. The molecular formula is C10H14N2O3S. The number of carbonyl (C=O) groups excluding carboxylic acids is 1. The number of aryl methyl sites for hydroxylation is 1. The minimum absolute atomic E-state index is 0.202. The Morgan fingerprint density at radius 1 is 1.69 bits per heavy atom. The van der Waals surface area contributed by atoms with Crippen molar-refractivity contribution in [2.45, 2.75) is 30.7 Å². The molecule has 0 aliphatic heterocycles. The summed E-state index contributed by atoms with van der Waals surface area (Å²) in [5, 5.41) is 0.0579. The van der Waals surface area contributed by atoms with Crippen LogP contribution in [0.5, 0.6) is 0 Å². The van der Waals surface area contributed by atoms with Crippen molar-refractivity contribution in [1.29, 1.82) is 0 Å². The van der Waals surface area contributed by atoms with Gasteiger partial charge < -0.3 is 9.72 Å². The van der Waals surface area contributed by atoms with E-state index in [4.69, 9.17) is 0 Å². The number of hydrogen-bond acceptors (Lipinski definition) is 5. The minimum Gasteiger partial charge on any atom is -0.468 e. The van der Waals surface area contributed by atoms with Gasteiger partial charge in [0.05, 0.1) is 7.11 Å². The number of nitrogens with zero attached hydrogens (tertiary/aromatic N) is 1. The number of H-pyrrole nitrogens is 1. The first-order valence-corrected chi connectivity index (χ1v) is 5.79. The van der Waals surface area contributed by atoms with Crippen LogP contribution in [0.3, 0.4) is 0 Å². The Balaban J connectivity index is 2.85. The number of esters is 1. The maximum absolute atomic E-state index is 11.3. The van der Waals surface area contributed by atoms with Gasteiger partial charge in [-0.1, -0.05) is 18.7 Å². The highest BCUT2D eigenvalue weighted by molar-refractivity contribution is 8.00. The zero-order chi connectivity index (χ0) is 12.1. The second-order valence-electron chi connectivity index (χ2n) is 3.18. The predicted molar refractivity (Wildman–Crippen MR) is 61.6 cm³/mol. The fraction of sp³-hybridized carbons (Fsp3) is 0.500. The third-order valence-corrected chi connectivity index (χ3v) is 2.92. The van der Waals surface area contributed by atoms with Crippen molar-refractivity contribution >= 4 is 17.7 Å². The van der Waals surface area contributed by atoms with Gasteiger partial charge >= 0.3 is 5.97 Å². The van der Waals surface area contributed by atoms with E-state index in [-0.39, 0.29) is 16.8 Å².